The number of nitrogens with zero attached hydrogens (tertiary/aromatic N) is 2. The van der Waals surface area contributed by atoms with Crippen LogP contribution in [0.25, 0.3) is 17.0 Å². The lowest BCUT2D eigenvalue weighted by molar-refractivity contribution is -0.122. The van der Waals surface area contributed by atoms with Gasteiger partial charge in [-0.2, -0.15) is 0 Å². The van der Waals surface area contributed by atoms with Gasteiger partial charge < -0.3 is 14.0 Å². The van der Waals surface area contributed by atoms with E-state index in [0.29, 0.717) is 24.6 Å². The van der Waals surface area contributed by atoms with Crippen LogP contribution in [0.5, 0.6) is 11.5 Å². The third kappa shape index (κ3) is 6.55. The van der Waals surface area contributed by atoms with Crippen molar-refractivity contribution in [2.24, 2.45) is 0 Å². The number of fused-ring (bicyclic) bond motifs is 1. The summed E-state index contributed by atoms with van der Waals surface area (Å²) in [4.78, 5) is 27.6. The third-order valence-electron chi connectivity index (χ3n) is 6.47. The van der Waals surface area contributed by atoms with Gasteiger partial charge in [0.05, 0.1) is 17.6 Å². The second-order valence-corrected chi connectivity index (χ2v) is 10.7. The van der Waals surface area contributed by atoms with Crippen molar-refractivity contribution in [3.8, 4) is 11.5 Å². The third-order valence-corrected chi connectivity index (χ3v) is 7.37. The average molecular weight is 541 g/mol. The highest BCUT2D eigenvalue weighted by molar-refractivity contribution is 8.18. The smallest absolute Gasteiger partial charge is 0.293 e. The van der Waals surface area contributed by atoms with Gasteiger partial charge in [0.15, 0.2) is 0 Å². The Balaban J connectivity index is 1.24. The molecule has 0 N–H and O–H groups in total. The molecule has 1 aromatic heterocycles. The molecule has 2 heterocycles. The molecule has 2 amide bonds. The normalized spacial score (nSPS) is 14.6. The number of aromatic nitrogens is 1. The van der Waals surface area contributed by atoms with Crippen molar-refractivity contribution in [1.82, 2.24) is 9.47 Å². The fraction of sp³-hybridized carbons (Fsp3) is 0.250. The summed E-state index contributed by atoms with van der Waals surface area (Å²) in [5.41, 5.74) is 3.17. The number of para-hydroxylation sites is 1. The molecule has 0 unspecified atom stereocenters. The first-order chi connectivity index (χ1) is 19.0. The molecule has 0 atom stereocenters. The fourth-order valence-electron chi connectivity index (χ4n) is 4.64. The van der Waals surface area contributed by atoms with E-state index in [1.807, 2.05) is 86.8 Å². The number of carbonyl (C=O) groups excluding carboxylic acids is 2. The Morgan fingerprint density at radius 2 is 1.59 bits per heavy atom. The molecule has 0 aliphatic carbocycles. The molecule has 39 heavy (non-hydrogen) atoms. The van der Waals surface area contributed by atoms with Crippen LogP contribution < -0.4 is 9.47 Å². The van der Waals surface area contributed by atoms with E-state index < -0.39 is 0 Å². The van der Waals surface area contributed by atoms with E-state index in [9.17, 15) is 9.59 Å². The van der Waals surface area contributed by atoms with Crippen LogP contribution in [0.3, 0.4) is 0 Å². The number of amides is 2. The number of ether oxygens (including phenoxy) is 2. The Kier molecular flexibility index (Phi) is 8.37. The van der Waals surface area contributed by atoms with Crippen molar-refractivity contribution in [1.29, 1.82) is 0 Å². The van der Waals surface area contributed by atoms with Crippen LogP contribution in [-0.2, 0) is 17.8 Å². The van der Waals surface area contributed by atoms with E-state index in [1.54, 1.807) is 0 Å². The van der Waals surface area contributed by atoms with Crippen LogP contribution >= 0.6 is 11.8 Å². The molecule has 200 valence electrons. The Labute approximate surface area is 233 Å². The Hall–Kier alpha value is -3.97. The second-order valence-electron chi connectivity index (χ2n) is 9.70. The molecule has 1 saturated heterocycles. The van der Waals surface area contributed by atoms with Gasteiger partial charge in [-0.3, -0.25) is 14.5 Å². The first kappa shape index (κ1) is 26.6. The highest BCUT2D eigenvalue weighted by atomic mass is 32.2. The van der Waals surface area contributed by atoms with Gasteiger partial charge in [0.25, 0.3) is 11.1 Å². The van der Waals surface area contributed by atoms with Crippen LogP contribution in [0, 0.1) is 0 Å². The molecule has 7 heteroatoms. The zero-order valence-electron chi connectivity index (χ0n) is 22.2. The molecule has 5 rings (SSSR count). The zero-order valence-corrected chi connectivity index (χ0v) is 23.0. The number of thioether (sulfide) groups is 1. The standard InChI is InChI=1S/C32H32N2O4S/c1-23(2)38-27-16-14-26(15-17-27)37-20-19-33-22-25(28-12-6-7-13-29(28)33)21-30-31(35)34(32(36)39-30)18-8-11-24-9-4-3-5-10-24/h3-7,9-10,12-17,21-23H,8,11,18-20H2,1-2H3/b30-21-. The van der Waals surface area contributed by atoms with Gasteiger partial charge in [-0.25, -0.2) is 0 Å². The van der Waals surface area contributed by atoms with Crippen molar-refractivity contribution in [3.05, 3.63) is 101 Å². The van der Waals surface area contributed by atoms with Gasteiger partial charge in [-0.15, -0.1) is 0 Å². The number of rotatable bonds is 11. The summed E-state index contributed by atoms with van der Waals surface area (Å²) in [7, 11) is 0. The molecule has 0 bridgehead atoms. The van der Waals surface area contributed by atoms with Crippen LogP contribution in [0.1, 0.15) is 31.4 Å². The quantitative estimate of drug-likeness (QED) is 0.189. The number of aryl methyl sites for hydroxylation is 1. The number of carbonyl (C=O) groups is 2. The molecule has 0 radical (unpaired) electrons. The van der Waals surface area contributed by atoms with Crippen LogP contribution in [-0.4, -0.2) is 39.9 Å². The summed E-state index contributed by atoms with van der Waals surface area (Å²) < 4.78 is 13.8. The first-order valence-corrected chi connectivity index (χ1v) is 14.1. The topological polar surface area (TPSA) is 60.8 Å². The van der Waals surface area contributed by atoms with Gasteiger partial charge in [-0.1, -0.05) is 48.5 Å². The molecular weight excluding hydrogens is 508 g/mol. The summed E-state index contributed by atoms with van der Waals surface area (Å²) in [6.45, 7) is 5.54. The van der Waals surface area contributed by atoms with E-state index in [0.717, 1.165) is 52.6 Å². The number of benzene rings is 3. The lowest BCUT2D eigenvalue weighted by atomic mass is 10.1. The maximum absolute atomic E-state index is 13.1. The predicted molar refractivity (Wildman–Crippen MR) is 157 cm³/mol. The predicted octanol–water partition coefficient (Wildman–Crippen LogP) is 7.18. The summed E-state index contributed by atoms with van der Waals surface area (Å²) in [6, 6.07) is 25.8. The van der Waals surface area contributed by atoms with E-state index in [1.165, 1.54) is 10.5 Å². The maximum Gasteiger partial charge on any atom is 0.293 e. The lowest BCUT2D eigenvalue weighted by Gasteiger charge is -2.12. The molecule has 1 aliphatic rings. The molecule has 0 spiro atoms. The second kappa shape index (κ2) is 12.3. The minimum atomic E-state index is -0.219. The SMILES string of the molecule is CC(C)Oc1ccc(OCCn2cc(/C=C3\SC(=O)N(CCCc4ccccc4)C3=O)c3ccccc32)cc1. The van der Waals surface area contributed by atoms with Gasteiger partial charge in [0.1, 0.15) is 18.1 Å². The monoisotopic (exact) mass is 540 g/mol. The van der Waals surface area contributed by atoms with Crippen molar-refractivity contribution >= 4 is 39.9 Å². The number of hydrogen-bond acceptors (Lipinski definition) is 5. The molecule has 0 saturated carbocycles. The Bertz CT molecular complexity index is 1480. The van der Waals surface area contributed by atoms with Crippen molar-refractivity contribution in [2.45, 2.75) is 39.3 Å². The molecule has 1 aliphatic heterocycles. The fourth-order valence-corrected chi connectivity index (χ4v) is 5.50. The summed E-state index contributed by atoms with van der Waals surface area (Å²) in [5.74, 6) is 1.38. The summed E-state index contributed by atoms with van der Waals surface area (Å²) in [5, 5.41) is 0.824. The zero-order chi connectivity index (χ0) is 27.2. The molecule has 3 aromatic carbocycles. The van der Waals surface area contributed by atoms with Crippen LogP contribution in [0.4, 0.5) is 4.79 Å². The van der Waals surface area contributed by atoms with Crippen LogP contribution in [0.15, 0.2) is 90.0 Å². The van der Waals surface area contributed by atoms with Gasteiger partial charge >= 0.3 is 0 Å². The molecule has 6 nitrogen and oxygen atoms in total. The van der Waals surface area contributed by atoms with Crippen LogP contribution in [0.2, 0.25) is 0 Å². The highest BCUT2D eigenvalue weighted by Gasteiger charge is 2.34. The Morgan fingerprint density at radius 3 is 2.36 bits per heavy atom. The largest absolute Gasteiger partial charge is 0.492 e. The van der Waals surface area contributed by atoms with E-state index >= 15 is 0 Å². The van der Waals surface area contributed by atoms with E-state index in [2.05, 4.69) is 22.8 Å². The Morgan fingerprint density at radius 1 is 0.872 bits per heavy atom. The van der Waals surface area contributed by atoms with Crippen molar-refractivity contribution < 1.29 is 19.1 Å². The molecule has 1 fully saturated rings. The minimum Gasteiger partial charge on any atom is -0.492 e. The lowest BCUT2D eigenvalue weighted by Crippen LogP contribution is -2.29. The highest BCUT2D eigenvalue weighted by Crippen LogP contribution is 2.34. The maximum atomic E-state index is 13.1. The average Bonchev–Trinajstić information content (AvgIpc) is 3.41. The van der Waals surface area contributed by atoms with E-state index in [4.69, 9.17) is 9.47 Å². The molecule has 4 aromatic rings. The molecular formula is C32H32N2O4S. The van der Waals surface area contributed by atoms with Gasteiger partial charge in [0.2, 0.25) is 0 Å². The number of imide groups is 1. The summed E-state index contributed by atoms with van der Waals surface area (Å²) >= 11 is 1.01. The summed E-state index contributed by atoms with van der Waals surface area (Å²) in [6.07, 6.45) is 5.56. The minimum absolute atomic E-state index is 0.127. The van der Waals surface area contributed by atoms with Gasteiger partial charge in [0, 0.05) is 29.2 Å². The van der Waals surface area contributed by atoms with Gasteiger partial charge in [-0.05, 0) is 80.4 Å². The van der Waals surface area contributed by atoms with Crippen molar-refractivity contribution in [2.75, 3.05) is 13.2 Å². The first-order valence-electron chi connectivity index (χ1n) is 13.2. The van der Waals surface area contributed by atoms with Crippen molar-refractivity contribution in [3.63, 3.8) is 0 Å². The van der Waals surface area contributed by atoms with E-state index in [-0.39, 0.29) is 17.3 Å². The number of hydrogen-bond donors (Lipinski definition) is 0.